The third kappa shape index (κ3) is 3.27. The lowest BCUT2D eigenvalue weighted by molar-refractivity contribution is 0.310. The van der Waals surface area contributed by atoms with Gasteiger partial charge in [0.15, 0.2) is 0 Å². The Bertz CT molecular complexity index is 615. The summed E-state index contributed by atoms with van der Waals surface area (Å²) in [7, 11) is 0. The molecule has 2 heterocycles. The minimum Gasteiger partial charge on any atom is -0.494 e. The second-order valence-corrected chi connectivity index (χ2v) is 5.46. The molecule has 0 atom stereocenters. The first-order valence-corrected chi connectivity index (χ1v) is 7.54. The first kappa shape index (κ1) is 12.9. The Labute approximate surface area is 122 Å². The van der Waals surface area contributed by atoms with Crippen LogP contribution >= 0.6 is 11.3 Å². The van der Waals surface area contributed by atoms with E-state index in [1.165, 1.54) is 10.4 Å². The van der Waals surface area contributed by atoms with Gasteiger partial charge >= 0.3 is 0 Å². The fourth-order valence-electron chi connectivity index (χ4n) is 2.03. The van der Waals surface area contributed by atoms with E-state index in [-0.39, 0.29) is 0 Å². The quantitative estimate of drug-likeness (QED) is 0.690. The van der Waals surface area contributed by atoms with E-state index in [1.54, 1.807) is 17.7 Å². The first-order chi connectivity index (χ1) is 9.92. The van der Waals surface area contributed by atoms with Crippen LogP contribution in [0.3, 0.4) is 0 Å². The average Bonchev–Trinajstić information content (AvgIpc) is 3.17. The molecule has 3 aromatic rings. The van der Waals surface area contributed by atoms with Gasteiger partial charge < -0.3 is 9.72 Å². The molecule has 0 aliphatic rings. The van der Waals surface area contributed by atoms with Crippen molar-refractivity contribution in [2.45, 2.75) is 12.8 Å². The standard InChI is InChI=1S/C16H16N2OS/c1(3-14-11-17-12-18-14)9-19-15-7-5-13(6-8-15)16-4-2-10-20-16/h2,4-8,10-12H,1,3,9H2,(H,17,18). The van der Waals surface area contributed by atoms with Crippen molar-refractivity contribution in [1.82, 2.24) is 9.97 Å². The van der Waals surface area contributed by atoms with Crippen LogP contribution in [0.15, 0.2) is 54.3 Å². The summed E-state index contributed by atoms with van der Waals surface area (Å²) in [6.07, 6.45) is 5.55. The maximum atomic E-state index is 5.74. The zero-order valence-corrected chi connectivity index (χ0v) is 11.9. The Morgan fingerprint density at radius 1 is 1.15 bits per heavy atom. The molecule has 1 N–H and O–H groups in total. The number of hydrogen-bond donors (Lipinski definition) is 1. The summed E-state index contributed by atoms with van der Waals surface area (Å²) < 4.78 is 5.74. The van der Waals surface area contributed by atoms with Crippen molar-refractivity contribution < 1.29 is 4.74 Å². The predicted molar refractivity (Wildman–Crippen MR) is 82.2 cm³/mol. The highest BCUT2D eigenvalue weighted by atomic mass is 32.1. The number of aromatic nitrogens is 2. The summed E-state index contributed by atoms with van der Waals surface area (Å²) in [5, 5.41) is 2.09. The molecule has 2 aromatic heterocycles. The maximum Gasteiger partial charge on any atom is 0.119 e. The lowest BCUT2D eigenvalue weighted by Gasteiger charge is -2.06. The highest BCUT2D eigenvalue weighted by molar-refractivity contribution is 7.13. The number of aromatic amines is 1. The van der Waals surface area contributed by atoms with Crippen molar-refractivity contribution in [3.8, 4) is 16.2 Å². The summed E-state index contributed by atoms with van der Waals surface area (Å²) >= 11 is 1.75. The van der Waals surface area contributed by atoms with E-state index in [2.05, 4.69) is 39.6 Å². The molecule has 4 heteroatoms. The Hall–Kier alpha value is -2.07. The highest BCUT2D eigenvalue weighted by Gasteiger charge is 2.00. The van der Waals surface area contributed by atoms with Crippen LogP contribution in [0, 0.1) is 0 Å². The molecule has 0 aliphatic heterocycles. The second kappa shape index (κ2) is 6.39. The molecular formula is C16H16N2OS. The number of imidazole rings is 1. The number of hydrogen-bond acceptors (Lipinski definition) is 3. The number of ether oxygens (including phenoxy) is 1. The molecule has 0 amide bonds. The van der Waals surface area contributed by atoms with Gasteiger partial charge in [-0.2, -0.15) is 0 Å². The van der Waals surface area contributed by atoms with Crippen molar-refractivity contribution in [2.24, 2.45) is 0 Å². The third-order valence-corrected chi connectivity index (χ3v) is 3.98. The molecule has 102 valence electrons. The molecule has 3 rings (SSSR count). The zero-order chi connectivity index (χ0) is 13.6. The lowest BCUT2D eigenvalue weighted by atomic mass is 10.2. The van der Waals surface area contributed by atoms with Crippen molar-refractivity contribution in [3.63, 3.8) is 0 Å². The van der Waals surface area contributed by atoms with E-state index in [0.29, 0.717) is 6.61 Å². The van der Waals surface area contributed by atoms with Crippen LogP contribution in [0.25, 0.3) is 10.4 Å². The Kier molecular flexibility index (Phi) is 4.13. The van der Waals surface area contributed by atoms with Crippen LogP contribution in [-0.2, 0) is 6.42 Å². The van der Waals surface area contributed by atoms with Gasteiger partial charge in [-0.1, -0.05) is 6.07 Å². The molecule has 1 aromatic carbocycles. The lowest BCUT2D eigenvalue weighted by Crippen LogP contribution is -1.99. The number of thiophene rings is 1. The monoisotopic (exact) mass is 284 g/mol. The minimum atomic E-state index is 0.714. The number of rotatable bonds is 6. The topological polar surface area (TPSA) is 37.9 Å². The highest BCUT2D eigenvalue weighted by Crippen LogP contribution is 2.26. The Balaban J connectivity index is 1.48. The maximum absolute atomic E-state index is 5.74. The van der Waals surface area contributed by atoms with Gasteiger partial charge in [0.05, 0.1) is 18.6 Å². The van der Waals surface area contributed by atoms with Crippen LogP contribution in [0.2, 0.25) is 0 Å². The van der Waals surface area contributed by atoms with Gasteiger partial charge in [-0.05, 0) is 54.1 Å². The summed E-state index contributed by atoms with van der Waals surface area (Å²) in [5.41, 5.74) is 2.32. The van der Waals surface area contributed by atoms with Gasteiger partial charge in [0, 0.05) is 11.1 Å². The van der Waals surface area contributed by atoms with E-state index in [1.807, 2.05) is 18.3 Å². The van der Waals surface area contributed by atoms with Crippen LogP contribution in [0.4, 0.5) is 0 Å². The van der Waals surface area contributed by atoms with E-state index < -0.39 is 0 Å². The fraction of sp³-hybridized carbons (Fsp3) is 0.188. The number of H-pyrrole nitrogens is 1. The summed E-state index contributed by atoms with van der Waals surface area (Å²) in [5.74, 6) is 0.923. The molecule has 0 saturated heterocycles. The molecule has 3 nitrogen and oxygen atoms in total. The van der Waals surface area contributed by atoms with Gasteiger partial charge in [-0.3, -0.25) is 0 Å². The zero-order valence-electron chi connectivity index (χ0n) is 11.1. The molecule has 0 aliphatic carbocycles. The van der Waals surface area contributed by atoms with Crippen LogP contribution in [0.5, 0.6) is 5.75 Å². The molecule has 0 saturated carbocycles. The second-order valence-electron chi connectivity index (χ2n) is 4.51. The summed E-state index contributed by atoms with van der Waals surface area (Å²) in [6.45, 7) is 0.714. The molecule has 0 radical (unpaired) electrons. The van der Waals surface area contributed by atoms with E-state index in [9.17, 15) is 0 Å². The van der Waals surface area contributed by atoms with Crippen LogP contribution < -0.4 is 4.74 Å². The SMILES string of the molecule is c1csc(-c2ccc(OCCCc3c[nH]cn3)cc2)c1. The Morgan fingerprint density at radius 3 is 2.75 bits per heavy atom. The fourth-order valence-corrected chi connectivity index (χ4v) is 2.76. The average molecular weight is 284 g/mol. The molecule has 20 heavy (non-hydrogen) atoms. The number of benzene rings is 1. The predicted octanol–water partition coefficient (Wildman–Crippen LogP) is 4.15. The summed E-state index contributed by atoms with van der Waals surface area (Å²) in [6, 6.07) is 12.5. The van der Waals surface area contributed by atoms with E-state index >= 15 is 0 Å². The molecule has 0 fully saturated rings. The van der Waals surface area contributed by atoms with E-state index in [0.717, 1.165) is 24.3 Å². The number of aryl methyl sites for hydroxylation is 1. The third-order valence-electron chi connectivity index (χ3n) is 3.06. The smallest absolute Gasteiger partial charge is 0.119 e. The van der Waals surface area contributed by atoms with Gasteiger partial charge in [-0.25, -0.2) is 4.98 Å². The van der Waals surface area contributed by atoms with Crippen molar-refractivity contribution >= 4 is 11.3 Å². The molecule has 0 bridgehead atoms. The largest absolute Gasteiger partial charge is 0.494 e. The normalized spacial score (nSPS) is 10.6. The first-order valence-electron chi connectivity index (χ1n) is 6.66. The number of nitrogens with one attached hydrogen (secondary N) is 1. The molecule has 0 spiro atoms. The van der Waals surface area contributed by atoms with Gasteiger partial charge in [0.2, 0.25) is 0 Å². The molecule has 0 unspecified atom stereocenters. The van der Waals surface area contributed by atoms with Gasteiger partial charge in [0.1, 0.15) is 5.75 Å². The number of nitrogens with zero attached hydrogens (tertiary/aromatic N) is 1. The van der Waals surface area contributed by atoms with Crippen molar-refractivity contribution in [2.75, 3.05) is 6.61 Å². The van der Waals surface area contributed by atoms with E-state index in [4.69, 9.17) is 4.74 Å². The van der Waals surface area contributed by atoms with Crippen LogP contribution in [-0.4, -0.2) is 16.6 Å². The molecular weight excluding hydrogens is 268 g/mol. The van der Waals surface area contributed by atoms with Gasteiger partial charge in [0.25, 0.3) is 0 Å². The minimum absolute atomic E-state index is 0.714. The van der Waals surface area contributed by atoms with Crippen LogP contribution in [0.1, 0.15) is 12.1 Å². The van der Waals surface area contributed by atoms with Gasteiger partial charge in [-0.15, -0.1) is 11.3 Å². The Morgan fingerprint density at radius 2 is 2.05 bits per heavy atom. The summed E-state index contributed by atoms with van der Waals surface area (Å²) in [4.78, 5) is 8.43. The van der Waals surface area contributed by atoms with Crippen molar-refractivity contribution in [3.05, 3.63) is 60.0 Å². The van der Waals surface area contributed by atoms with Crippen molar-refractivity contribution in [1.29, 1.82) is 0 Å².